The molecule has 2 saturated carbocycles. The zero-order valence-corrected chi connectivity index (χ0v) is 16.3. The molecule has 4 aliphatic carbocycles. The predicted octanol–water partition coefficient (Wildman–Crippen LogP) is 5.21. The van der Waals surface area contributed by atoms with Crippen molar-refractivity contribution in [3.63, 3.8) is 0 Å². The van der Waals surface area contributed by atoms with Crippen molar-refractivity contribution < 1.29 is 26.2 Å². The van der Waals surface area contributed by atoms with Crippen LogP contribution in [-0.2, 0) is 26.2 Å². The molecule has 0 atom stereocenters. The van der Waals surface area contributed by atoms with E-state index in [1.54, 1.807) is 0 Å². The summed E-state index contributed by atoms with van der Waals surface area (Å²) in [6.45, 7) is 0. The third-order valence-corrected chi connectivity index (χ3v) is 4.21. The largest absolute Gasteiger partial charge is 4.00 e. The van der Waals surface area contributed by atoms with E-state index < -0.39 is 0 Å². The van der Waals surface area contributed by atoms with Crippen molar-refractivity contribution >= 4 is 0 Å². The molecule has 0 aliphatic heterocycles. The van der Waals surface area contributed by atoms with E-state index in [-0.39, 0.29) is 41.1 Å². The van der Waals surface area contributed by atoms with Crippen LogP contribution in [0.3, 0.4) is 0 Å². The summed E-state index contributed by atoms with van der Waals surface area (Å²) in [5.74, 6) is 8.45. The van der Waals surface area contributed by atoms with Gasteiger partial charge in [-0.2, -0.15) is 0 Å². The Hall–Kier alpha value is -0.157. The van der Waals surface area contributed by atoms with Crippen molar-refractivity contribution in [3.8, 4) is 0 Å². The molecule has 0 bridgehead atoms. The first kappa shape index (κ1) is 20.9. The summed E-state index contributed by atoms with van der Waals surface area (Å²) in [5, 5.41) is 0. The maximum absolute atomic E-state index is 2.27. The molecule has 0 unspecified atom stereocenters. The van der Waals surface area contributed by atoms with E-state index in [0.29, 0.717) is 0 Å². The Morgan fingerprint density at radius 2 is 0.913 bits per heavy atom. The Morgan fingerprint density at radius 1 is 0.522 bits per heavy atom. The fourth-order valence-electron chi connectivity index (χ4n) is 3.14. The number of allylic oxidation sites excluding steroid dienone is 8. The number of hydrogen-bond donors (Lipinski definition) is 0. The van der Waals surface area contributed by atoms with Crippen LogP contribution in [0, 0.1) is 76.0 Å². The molecule has 10 radical (unpaired) electrons. The van der Waals surface area contributed by atoms with Gasteiger partial charge in [-0.15, -0.1) is 0 Å². The van der Waals surface area contributed by atoms with Gasteiger partial charge in [-0.25, -0.2) is 0 Å². The molecular weight excluding hydrogens is 355 g/mol. The van der Waals surface area contributed by atoms with Gasteiger partial charge in [0.2, 0.25) is 0 Å². The molecule has 0 saturated heterocycles. The Kier molecular flexibility index (Phi) is 8.50. The summed E-state index contributed by atoms with van der Waals surface area (Å²) >= 11 is 0. The second kappa shape index (κ2) is 9.36. The van der Waals surface area contributed by atoms with E-state index in [2.05, 4.69) is 74.3 Å². The van der Waals surface area contributed by atoms with Gasteiger partial charge in [0.05, 0.1) is 0 Å². The number of hydrogen-bond acceptors (Lipinski definition) is 0. The molecule has 0 heterocycles. The first-order valence-corrected chi connectivity index (χ1v) is 7.18. The molecule has 0 nitrogen and oxygen atoms in total. The van der Waals surface area contributed by atoms with E-state index in [0.717, 1.165) is 12.8 Å². The van der Waals surface area contributed by atoms with Crippen LogP contribution in [0.15, 0.2) is 48.6 Å². The van der Waals surface area contributed by atoms with E-state index in [4.69, 9.17) is 0 Å². The molecule has 0 spiro atoms. The van der Waals surface area contributed by atoms with Gasteiger partial charge in [-0.3, -0.25) is 0 Å². The van der Waals surface area contributed by atoms with Gasteiger partial charge in [-0.05, 0) is 50.4 Å². The summed E-state index contributed by atoms with van der Waals surface area (Å²) in [6, 6.07) is 0. The van der Waals surface area contributed by atoms with Crippen molar-refractivity contribution in [2.75, 3.05) is 0 Å². The molecule has 0 aromatic heterocycles. The summed E-state index contributed by atoms with van der Waals surface area (Å²) < 4.78 is 0. The van der Waals surface area contributed by atoms with Crippen LogP contribution >= 0.6 is 0 Å². The minimum absolute atomic E-state index is 0. The summed E-state index contributed by atoms with van der Waals surface area (Å²) in [4.78, 5) is 0. The van der Waals surface area contributed by atoms with Crippen LogP contribution in [0.4, 0.5) is 0 Å². The second-order valence-corrected chi connectivity index (χ2v) is 5.39. The monoisotopic (exact) mass is 376 g/mol. The standard InChI is InChI=1S/C20H16.2CH3.Zr/c1-3-7-19-15(5-1)9-11-17(19)13-14-18-12-10-16-6-2-4-8-20(16)18;;;/h1-12H,13-14H2;2*1H3;/q;2*-1;+4. The van der Waals surface area contributed by atoms with Crippen molar-refractivity contribution in [2.24, 2.45) is 0 Å². The Balaban J connectivity index is 0.000000882. The average molecular weight is 378 g/mol. The molecule has 0 aromatic rings. The molecule has 0 amide bonds. The molecule has 4 aliphatic rings. The fourth-order valence-corrected chi connectivity index (χ4v) is 3.14. The maximum atomic E-state index is 2.27. The third kappa shape index (κ3) is 4.28. The van der Waals surface area contributed by atoms with E-state index in [1.807, 2.05) is 0 Å². The molecule has 23 heavy (non-hydrogen) atoms. The number of fused-ring (bicyclic) bond motifs is 2. The van der Waals surface area contributed by atoms with Gasteiger partial charge < -0.3 is 14.9 Å². The molecule has 1 heteroatoms. The van der Waals surface area contributed by atoms with Gasteiger partial charge in [0, 0.05) is 23.7 Å². The smallest absolute Gasteiger partial charge is 0.358 e. The first-order chi connectivity index (χ1) is 9.92. The molecule has 2 fully saturated rings. The van der Waals surface area contributed by atoms with E-state index in [1.165, 1.54) is 35.5 Å². The van der Waals surface area contributed by atoms with Gasteiger partial charge in [-0.1, -0.05) is 48.6 Å². The van der Waals surface area contributed by atoms with Crippen molar-refractivity contribution in [1.29, 1.82) is 0 Å². The minimum Gasteiger partial charge on any atom is -0.358 e. The van der Waals surface area contributed by atoms with E-state index >= 15 is 0 Å². The van der Waals surface area contributed by atoms with Gasteiger partial charge in [0.15, 0.2) is 0 Å². The topological polar surface area (TPSA) is 0 Å². The summed E-state index contributed by atoms with van der Waals surface area (Å²) in [5.41, 5.74) is 0. The van der Waals surface area contributed by atoms with Crippen LogP contribution < -0.4 is 0 Å². The van der Waals surface area contributed by atoms with Crippen LogP contribution in [0.1, 0.15) is 12.8 Å². The normalized spacial score (nSPS) is 24.9. The average Bonchev–Trinajstić information content (AvgIpc) is 3.09. The predicted molar refractivity (Wildman–Crippen MR) is 95.3 cm³/mol. The molecule has 112 valence electrons. The van der Waals surface area contributed by atoms with Gasteiger partial charge in [0.1, 0.15) is 0 Å². The number of rotatable bonds is 3. The van der Waals surface area contributed by atoms with Gasteiger partial charge >= 0.3 is 26.2 Å². The minimum atomic E-state index is 0. The quantitative estimate of drug-likeness (QED) is 0.592. The second-order valence-electron chi connectivity index (χ2n) is 5.39. The van der Waals surface area contributed by atoms with Crippen LogP contribution in [0.25, 0.3) is 0 Å². The first-order valence-electron chi connectivity index (χ1n) is 7.18. The Bertz CT molecular complexity index is 426. The van der Waals surface area contributed by atoms with Crippen molar-refractivity contribution in [2.45, 2.75) is 12.8 Å². The molecule has 0 aromatic carbocycles. The van der Waals surface area contributed by atoms with Crippen molar-refractivity contribution in [3.05, 3.63) is 125 Å². The fraction of sp³-hybridized carbons (Fsp3) is 0.0909. The SMILES string of the molecule is [CH3-].[CH3-].[CH]1[CH][C](CC[C]2[CH][CH][C]3C=CC=C[C]32)[C]2C=CC=C[C]12.[Zr+4]. The summed E-state index contributed by atoms with van der Waals surface area (Å²) in [6.07, 6.45) is 28.5. The third-order valence-electron chi connectivity index (χ3n) is 4.21. The van der Waals surface area contributed by atoms with E-state index in [9.17, 15) is 0 Å². The van der Waals surface area contributed by atoms with Crippen molar-refractivity contribution in [1.82, 2.24) is 0 Å². The molecule has 4 rings (SSSR count). The van der Waals surface area contributed by atoms with Gasteiger partial charge in [0.25, 0.3) is 0 Å². The Morgan fingerprint density at radius 3 is 1.35 bits per heavy atom. The zero-order valence-electron chi connectivity index (χ0n) is 13.8. The molecule has 0 N–H and O–H groups in total. The van der Waals surface area contributed by atoms with Crippen LogP contribution in [-0.4, -0.2) is 0 Å². The molecular formula is C22H22Zr+2. The maximum Gasteiger partial charge on any atom is 4.00 e. The zero-order chi connectivity index (χ0) is 13.4. The Labute approximate surface area is 163 Å². The van der Waals surface area contributed by atoms with Crippen LogP contribution in [0.5, 0.6) is 0 Å². The summed E-state index contributed by atoms with van der Waals surface area (Å²) in [7, 11) is 0. The van der Waals surface area contributed by atoms with Crippen LogP contribution in [0.2, 0.25) is 0 Å².